The largest absolute Gasteiger partial charge is 0.409 e. The lowest BCUT2D eigenvalue weighted by Crippen LogP contribution is -2.24. The molecule has 0 atom stereocenters. The third-order valence-corrected chi connectivity index (χ3v) is 2.48. The van der Waals surface area contributed by atoms with Gasteiger partial charge in [-0.2, -0.15) is 0 Å². The van der Waals surface area contributed by atoms with Gasteiger partial charge in [-0.15, -0.1) is 0 Å². The molecule has 1 saturated carbocycles. The molecule has 0 saturated heterocycles. The van der Waals surface area contributed by atoms with Crippen LogP contribution in [0.5, 0.6) is 0 Å². The van der Waals surface area contributed by atoms with Crippen LogP contribution in [0.2, 0.25) is 0 Å². The Morgan fingerprint density at radius 1 is 1.47 bits per heavy atom. The Hall–Kier alpha value is -1.26. The van der Waals surface area contributed by atoms with E-state index in [2.05, 4.69) is 10.5 Å². The molecule has 1 aliphatic rings. The molecule has 5 heteroatoms. The van der Waals surface area contributed by atoms with Crippen LogP contribution < -0.4 is 11.1 Å². The number of unbranched alkanes of at least 4 members (excludes halogenated alkanes) is 1. The summed E-state index contributed by atoms with van der Waals surface area (Å²) in [7, 11) is 0. The fourth-order valence-electron chi connectivity index (χ4n) is 1.37. The predicted octanol–water partition coefficient (Wildman–Crippen LogP) is 0.819. The van der Waals surface area contributed by atoms with E-state index in [4.69, 9.17) is 10.9 Å². The van der Waals surface area contributed by atoms with Crippen molar-refractivity contribution in [3.63, 3.8) is 0 Å². The standard InChI is InChI=1S/C10H19N3O2/c11-9(13-15)3-1-2-6-12-10(14)7-8-4-5-8/h8,15H,1-7H2,(H2,11,13)(H,12,14). The van der Waals surface area contributed by atoms with Gasteiger partial charge in [-0.05, 0) is 31.6 Å². The molecule has 1 aliphatic carbocycles. The molecule has 5 nitrogen and oxygen atoms in total. The van der Waals surface area contributed by atoms with E-state index < -0.39 is 0 Å². The number of nitrogens with two attached hydrogens (primary N) is 1. The molecule has 15 heavy (non-hydrogen) atoms. The predicted molar refractivity (Wildman–Crippen MR) is 57.6 cm³/mol. The molecule has 0 aromatic carbocycles. The first-order valence-corrected chi connectivity index (χ1v) is 5.45. The van der Waals surface area contributed by atoms with Crippen LogP contribution in [-0.4, -0.2) is 23.5 Å². The number of amidine groups is 1. The minimum Gasteiger partial charge on any atom is -0.409 e. The second kappa shape index (κ2) is 6.27. The Balaban J connectivity index is 1.89. The van der Waals surface area contributed by atoms with Crippen molar-refractivity contribution in [2.24, 2.45) is 16.8 Å². The van der Waals surface area contributed by atoms with Crippen molar-refractivity contribution < 1.29 is 10.0 Å². The van der Waals surface area contributed by atoms with Crippen LogP contribution in [-0.2, 0) is 4.79 Å². The highest BCUT2D eigenvalue weighted by Crippen LogP contribution is 2.31. The van der Waals surface area contributed by atoms with Crippen LogP contribution in [0.15, 0.2) is 5.16 Å². The lowest BCUT2D eigenvalue weighted by atomic mass is 10.2. The highest BCUT2D eigenvalue weighted by molar-refractivity contribution is 5.79. The normalized spacial score (nSPS) is 16.4. The van der Waals surface area contributed by atoms with E-state index in [0.717, 1.165) is 12.8 Å². The zero-order chi connectivity index (χ0) is 11.1. The molecule has 0 aliphatic heterocycles. The van der Waals surface area contributed by atoms with Crippen molar-refractivity contribution in [3.8, 4) is 0 Å². The topological polar surface area (TPSA) is 87.7 Å². The average molecular weight is 213 g/mol. The van der Waals surface area contributed by atoms with Crippen molar-refractivity contribution in [2.45, 2.75) is 38.5 Å². The van der Waals surface area contributed by atoms with Crippen LogP contribution in [0.4, 0.5) is 0 Å². The van der Waals surface area contributed by atoms with Gasteiger partial charge < -0.3 is 16.3 Å². The number of oxime groups is 1. The first-order valence-electron chi connectivity index (χ1n) is 5.45. The van der Waals surface area contributed by atoms with E-state index in [-0.39, 0.29) is 11.7 Å². The van der Waals surface area contributed by atoms with Crippen molar-refractivity contribution in [2.75, 3.05) is 6.54 Å². The number of nitrogens with one attached hydrogen (secondary N) is 1. The summed E-state index contributed by atoms with van der Waals surface area (Å²) in [4.78, 5) is 11.2. The lowest BCUT2D eigenvalue weighted by Gasteiger charge is -2.03. The Morgan fingerprint density at radius 3 is 2.80 bits per heavy atom. The van der Waals surface area contributed by atoms with Crippen LogP contribution in [0.3, 0.4) is 0 Å². The Labute approximate surface area is 89.7 Å². The number of amides is 1. The summed E-state index contributed by atoms with van der Waals surface area (Å²) in [6.07, 6.45) is 5.37. The Bertz CT molecular complexity index is 237. The molecule has 4 N–H and O–H groups in total. The van der Waals surface area contributed by atoms with Gasteiger partial charge in [0.15, 0.2) is 0 Å². The highest BCUT2D eigenvalue weighted by Gasteiger charge is 2.23. The summed E-state index contributed by atoms with van der Waals surface area (Å²) in [6, 6.07) is 0. The fourth-order valence-corrected chi connectivity index (χ4v) is 1.37. The monoisotopic (exact) mass is 213 g/mol. The van der Waals surface area contributed by atoms with Crippen molar-refractivity contribution >= 4 is 11.7 Å². The maximum absolute atomic E-state index is 11.2. The third kappa shape index (κ3) is 5.93. The Kier molecular flexibility index (Phi) is 4.93. The smallest absolute Gasteiger partial charge is 0.220 e. The third-order valence-electron chi connectivity index (χ3n) is 2.48. The molecular weight excluding hydrogens is 194 g/mol. The summed E-state index contributed by atoms with van der Waals surface area (Å²) < 4.78 is 0. The minimum atomic E-state index is 0.154. The zero-order valence-corrected chi connectivity index (χ0v) is 8.91. The van der Waals surface area contributed by atoms with Gasteiger partial charge in [0.05, 0.1) is 0 Å². The molecule has 0 unspecified atom stereocenters. The molecule has 1 rings (SSSR count). The molecule has 0 aromatic rings. The summed E-state index contributed by atoms with van der Waals surface area (Å²) in [5, 5.41) is 14.0. The molecule has 0 radical (unpaired) electrons. The quantitative estimate of drug-likeness (QED) is 0.192. The molecule has 1 amide bonds. The summed E-state index contributed by atoms with van der Waals surface area (Å²) >= 11 is 0. The molecule has 1 fully saturated rings. The fraction of sp³-hybridized carbons (Fsp3) is 0.800. The summed E-state index contributed by atoms with van der Waals surface area (Å²) in [5.74, 6) is 1.04. The van der Waals surface area contributed by atoms with E-state index in [1.165, 1.54) is 12.8 Å². The molecule has 0 spiro atoms. The molecule has 0 bridgehead atoms. The van der Waals surface area contributed by atoms with E-state index in [0.29, 0.717) is 25.3 Å². The Morgan fingerprint density at radius 2 is 2.20 bits per heavy atom. The van der Waals surface area contributed by atoms with Gasteiger partial charge in [-0.25, -0.2) is 0 Å². The summed E-state index contributed by atoms with van der Waals surface area (Å²) in [6.45, 7) is 0.685. The highest BCUT2D eigenvalue weighted by atomic mass is 16.4. The maximum Gasteiger partial charge on any atom is 0.220 e. The zero-order valence-electron chi connectivity index (χ0n) is 8.91. The van der Waals surface area contributed by atoms with Gasteiger partial charge >= 0.3 is 0 Å². The number of nitrogens with zero attached hydrogens (tertiary/aromatic N) is 1. The molecule has 0 aromatic heterocycles. The molecule has 0 heterocycles. The van der Waals surface area contributed by atoms with Crippen LogP contribution in [0.1, 0.15) is 38.5 Å². The van der Waals surface area contributed by atoms with Crippen molar-refractivity contribution in [1.82, 2.24) is 5.32 Å². The van der Waals surface area contributed by atoms with Gasteiger partial charge in [0.1, 0.15) is 5.84 Å². The van der Waals surface area contributed by atoms with E-state index >= 15 is 0 Å². The van der Waals surface area contributed by atoms with Crippen molar-refractivity contribution in [3.05, 3.63) is 0 Å². The first-order chi connectivity index (χ1) is 7.22. The minimum absolute atomic E-state index is 0.154. The maximum atomic E-state index is 11.2. The number of hydrogen-bond acceptors (Lipinski definition) is 3. The van der Waals surface area contributed by atoms with Crippen molar-refractivity contribution in [1.29, 1.82) is 0 Å². The number of carbonyl (C=O) groups is 1. The van der Waals surface area contributed by atoms with Gasteiger partial charge in [0, 0.05) is 19.4 Å². The van der Waals surface area contributed by atoms with Gasteiger partial charge in [-0.3, -0.25) is 4.79 Å². The summed E-state index contributed by atoms with van der Waals surface area (Å²) in [5.41, 5.74) is 5.30. The van der Waals surface area contributed by atoms with E-state index in [1.807, 2.05) is 0 Å². The molecule has 86 valence electrons. The SMILES string of the molecule is NC(CCCCNC(=O)CC1CC1)=NO. The van der Waals surface area contributed by atoms with E-state index in [9.17, 15) is 4.79 Å². The van der Waals surface area contributed by atoms with E-state index in [1.54, 1.807) is 0 Å². The second-order valence-corrected chi connectivity index (χ2v) is 4.05. The van der Waals surface area contributed by atoms with Crippen LogP contribution in [0.25, 0.3) is 0 Å². The second-order valence-electron chi connectivity index (χ2n) is 4.05. The number of rotatable bonds is 7. The van der Waals surface area contributed by atoms with Gasteiger partial charge in [-0.1, -0.05) is 5.16 Å². The number of hydrogen-bond donors (Lipinski definition) is 3. The first kappa shape index (κ1) is 11.8. The lowest BCUT2D eigenvalue weighted by molar-refractivity contribution is -0.121. The molecular formula is C10H19N3O2. The number of carbonyl (C=O) groups excluding carboxylic acids is 1. The van der Waals surface area contributed by atoms with Gasteiger partial charge in [0.2, 0.25) is 5.91 Å². The average Bonchev–Trinajstić information content (AvgIpc) is 3.00. The van der Waals surface area contributed by atoms with Crippen LogP contribution in [0, 0.1) is 5.92 Å². The van der Waals surface area contributed by atoms with Crippen LogP contribution >= 0.6 is 0 Å². The van der Waals surface area contributed by atoms with Gasteiger partial charge in [0.25, 0.3) is 0 Å².